The summed E-state index contributed by atoms with van der Waals surface area (Å²) in [5, 5.41) is 2.60. The number of rotatable bonds is 5. The number of thiol groups is 3. The fourth-order valence-corrected chi connectivity index (χ4v) is 1.51. The maximum Gasteiger partial charge on any atom is 0.223 e. The molecule has 1 atom stereocenters. The fraction of sp³-hybridized carbons (Fsp3) is 0.857. The van der Waals surface area contributed by atoms with Crippen molar-refractivity contribution >= 4 is 43.8 Å². The SMILES string of the molecule is CNC(=O)C(CS)CCC(S)S. The molecule has 0 saturated heterocycles. The summed E-state index contributed by atoms with van der Waals surface area (Å²) < 4.78 is 0.0528. The normalized spacial score (nSPS) is 13.1. The minimum Gasteiger partial charge on any atom is -0.359 e. The molecule has 0 rings (SSSR count). The van der Waals surface area contributed by atoms with Crippen molar-refractivity contribution in [3.05, 3.63) is 0 Å². The molecular formula is C7H15NOS3. The zero-order valence-corrected chi connectivity index (χ0v) is 9.71. The minimum absolute atomic E-state index is 0.0138. The van der Waals surface area contributed by atoms with Crippen molar-refractivity contribution in [2.45, 2.75) is 17.4 Å². The molecule has 1 N–H and O–H groups in total. The number of hydrogen-bond acceptors (Lipinski definition) is 4. The molecule has 0 radical (unpaired) electrons. The summed E-state index contributed by atoms with van der Waals surface area (Å²) in [6.07, 6.45) is 1.62. The third-order valence-corrected chi connectivity index (χ3v) is 2.57. The number of hydrogen-bond donors (Lipinski definition) is 4. The van der Waals surface area contributed by atoms with Gasteiger partial charge in [-0.3, -0.25) is 4.79 Å². The third kappa shape index (κ3) is 5.22. The summed E-state index contributed by atoms with van der Waals surface area (Å²) in [5.41, 5.74) is 0. The van der Waals surface area contributed by atoms with Crippen molar-refractivity contribution in [1.82, 2.24) is 5.32 Å². The number of carbonyl (C=O) groups excluding carboxylic acids is 1. The molecule has 0 fully saturated rings. The molecular weight excluding hydrogens is 210 g/mol. The molecule has 0 saturated carbocycles. The van der Waals surface area contributed by atoms with Crippen LogP contribution in [-0.4, -0.2) is 23.3 Å². The largest absolute Gasteiger partial charge is 0.359 e. The van der Waals surface area contributed by atoms with E-state index in [9.17, 15) is 4.79 Å². The van der Waals surface area contributed by atoms with Crippen LogP contribution in [0, 0.1) is 5.92 Å². The van der Waals surface area contributed by atoms with Gasteiger partial charge in [0, 0.05) is 23.3 Å². The Kier molecular flexibility index (Phi) is 7.28. The first-order valence-electron chi connectivity index (χ1n) is 3.80. The zero-order valence-electron chi connectivity index (χ0n) is 7.03. The molecule has 12 heavy (non-hydrogen) atoms. The Hall–Kier alpha value is 0.520. The van der Waals surface area contributed by atoms with Gasteiger partial charge in [0.05, 0.1) is 0 Å². The highest BCUT2D eigenvalue weighted by Crippen LogP contribution is 2.15. The number of carbonyl (C=O) groups is 1. The second kappa shape index (κ2) is 6.97. The lowest BCUT2D eigenvalue weighted by atomic mass is 10.1. The Bertz CT molecular complexity index is 141. The topological polar surface area (TPSA) is 29.1 Å². The van der Waals surface area contributed by atoms with Gasteiger partial charge in [0.25, 0.3) is 0 Å². The van der Waals surface area contributed by atoms with Crippen LogP contribution in [-0.2, 0) is 4.79 Å². The van der Waals surface area contributed by atoms with Gasteiger partial charge in [0.1, 0.15) is 0 Å². The van der Waals surface area contributed by atoms with Gasteiger partial charge in [-0.25, -0.2) is 0 Å². The summed E-state index contributed by atoms with van der Waals surface area (Å²) >= 11 is 12.3. The Morgan fingerprint density at radius 1 is 1.42 bits per heavy atom. The molecule has 0 bridgehead atoms. The predicted molar refractivity (Wildman–Crippen MR) is 62.4 cm³/mol. The molecule has 0 heterocycles. The highest BCUT2D eigenvalue weighted by Gasteiger charge is 2.15. The summed E-state index contributed by atoms with van der Waals surface area (Å²) in [6, 6.07) is 0. The average Bonchev–Trinajstić information content (AvgIpc) is 2.04. The molecule has 0 aliphatic carbocycles. The van der Waals surface area contributed by atoms with Crippen molar-refractivity contribution in [3.8, 4) is 0 Å². The van der Waals surface area contributed by atoms with E-state index in [0.29, 0.717) is 5.75 Å². The van der Waals surface area contributed by atoms with Crippen LogP contribution in [0.15, 0.2) is 0 Å². The van der Waals surface area contributed by atoms with Crippen LogP contribution in [0.1, 0.15) is 12.8 Å². The number of nitrogens with one attached hydrogen (secondary N) is 1. The van der Waals surface area contributed by atoms with Crippen molar-refractivity contribution in [3.63, 3.8) is 0 Å². The first-order chi connectivity index (χ1) is 5.61. The van der Waals surface area contributed by atoms with Gasteiger partial charge >= 0.3 is 0 Å². The molecule has 0 aromatic rings. The smallest absolute Gasteiger partial charge is 0.223 e. The zero-order chi connectivity index (χ0) is 9.56. The first kappa shape index (κ1) is 12.5. The van der Waals surface area contributed by atoms with Gasteiger partial charge in [-0.1, -0.05) is 0 Å². The molecule has 0 aromatic carbocycles. The Morgan fingerprint density at radius 3 is 2.33 bits per heavy atom. The van der Waals surface area contributed by atoms with E-state index < -0.39 is 0 Å². The molecule has 1 amide bonds. The third-order valence-electron chi connectivity index (χ3n) is 1.61. The van der Waals surface area contributed by atoms with Crippen LogP contribution >= 0.6 is 37.9 Å². The summed E-state index contributed by atoms with van der Waals surface area (Å²) in [7, 11) is 1.64. The standard InChI is InChI=1S/C7H15NOS3/c1-8-7(9)5(4-10)2-3-6(11)12/h5-6,10-12H,2-4H2,1H3,(H,8,9). The van der Waals surface area contributed by atoms with E-state index in [2.05, 4.69) is 43.2 Å². The quantitative estimate of drug-likeness (QED) is 0.412. The van der Waals surface area contributed by atoms with Crippen molar-refractivity contribution in [2.75, 3.05) is 12.8 Å². The van der Waals surface area contributed by atoms with Crippen molar-refractivity contribution < 1.29 is 4.79 Å². The summed E-state index contributed by atoms with van der Waals surface area (Å²) in [6.45, 7) is 0. The average molecular weight is 225 g/mol. The first-order valence-corrected chi connectivity index (χ1v) is 5.47. The monoisotopic (exact) mass is 225 g/mol. The van der Waals surface area contributed by atoms with Crippen LogP contribution in [0.4, 0.5) is 0 Å². The van der Waals surface area contributed by atoms with Gasteiger partial charge in [0.15, 0.2) is 0 Å². The van der Waals surface area contributed by atoms with E-state index in [1.54, 1.807) is 7.05 Å². The van der Waals surface area contributed by atoms with Gasteiger partial charge in [-0.15, -0.1) is 0 Å². The maximum absolute atomic E-state index is 11.1. The Labute approximate surface area is 90.1 Å². The molecule has 72 valence electrons. The molecule has 0 aromatic heterocycles. The van der Waals surface area contributed by atoms with E-state index in [0.717, 1.165) is 12.8 Å². The lowest BCUT2D eigenvalue weighted by Gasteiger charge is -2.12. The predicted octanol–water partition coefficient (Wildman–Crippen LogP) is 1.24. The maximum atomic E-state index is 11.1. The van der Waals surface area contributed by atoms with Crippen LogP contribution in [0.25, 0.3) is 0 Å². The van der Waals surface area contributed by atoms with E-state index in [1.807, 2.05) is 0 Å². The molecule has 5 heteroatoms. The Morgan fingerprint density at radius 2 is 2.00 bits per heavy atom. The molecule has 1 unspecified atom stereocenters. The van der Waals surface area contributed by atoms with Gasteiger partial charge in [-0.2, -0.15) is 37.9 Å². The van der Waals surface area contributed by atoms with E-state index >= 15 is 0 Å². The summed E-state index contributed by atoms with van der Waals surface area (Å²) in [5.74, 6) is 0.612. The molecule has 0 spiro atoms. The van der Waals surface area contributed by atoms with Gasteiger partial charge < -0.3 is 5.32 Å². The summed E-state index contributed by atoms with van der Waals surface area (Å²) in [4.78, 5) is 11.1. The van der Waals surface area contributed by atoms with E-state index in [4.69, 9.17) is 0 Å². The van der Waals surface area contributed by atoms with Crippen molar-refractivity contribution in [1.29, 1.82) is 0 Å². The van der Waals surface area contributed by atoms with Crippen molar-refractivity contribution in [2.24, 2.45) is 5.92 Å². The highest BCUT2D eigenvalue weighted by atomic mass is 32.2. The minimum atomic E-state index is -0.0138. The molecule has 0 aliphatic heterocycles. The fourth-order valence-electron chi connectivity index (χ4n) is 0.860. The molecule has 0 aliphatic rings. The van der Waals surface area contributed by atoms with E-state index in [1.165, 1.54) is 0 Å². The molecule has 2 nitrogen and oxygen atoms in total. The van der Waals surface area contributed by atoms with Crippen LogP contribution in [0.5, 0.6) is 0 Å². The van der Waals surface area contributed by atoms with Gasteiger partial charge in [0.2, 0.25) is 5.91 Å². The second-order valence-electron chi connectivity index (χ2n) is 2.55. The van der Waals surface area contributed by atoms with Crippen LogP contribution in [0.3, 0.4) is 0 Å². The van der Waals surface area contributed by atoms with Crippen LogP contribution in [0.2, 0.25) is 0 Å². The second-order valence-corrected chi connectivity index (χ2v) is 4.57. The number of amides is 1. The van der Waals surface area contributed by atoms with Crippen LogP contribution < -0.4 is 5.32 Å². The lowest BCUT2D eigenvalue weighted by Crippen LogP contribution is -2.28. The van der Waals surface area contributed by atoms with E-state index in [-0.39, 0.29) is 16.4 Å². The lowest BCUT2D eigenvalue weighted by molar-refractivity contribution is -0.124. The highest BCUT2D eigenvalue weighted by molar-refractivity contribution is 7.99. The van der Waals surface area contributed by atoms with Gasteiger partial charge in [-0.05, 0) is 12.8 Å². The Balaban J connectivity index is 3.75.